The van der Waals surface area contributed by atoms with E-state index in [4.69, 9.17) is 9.47 Å². The Kier molecular flexibility index (Phi) is 8.97. The van der Waals surface area contributed by atoms with Crippen LogP contribution >= 0.6 is 0 Å². The summed E-state index contributed by atoms with van der Waals surface area (Å²) in [5, 5.41) is 4.82. The predicted molar refractivity (Wildman–Crippen MR) is 134 cm³/mol. The highest BCUT2D eigenvalue weighted by atomic mass is 32.2. The van der Waals surface area contributed by atoms with Crippen LogP contribution in [0.15, 0.2) is 71.6 Å². The van der Waals surface area contributed by atoms with Crippen LogP contribution in [-0.4, -0.2) is 46.5 Å². The molecule has 0 fully saturated rings. The van der Waals surface area contributed by atoms with Gasteiger partial charge in [-0.1, -0.05) is 0 Å². The van der Waals surface area contributed by atoms with Crippen LogP contribution < -0.4 is 19.7 Å². The van der Waals surface area contributed by atoms with E-state index in [2.05, 4.69) is 10.6 Å². The zero-order chi connectivity index (χ0) is 27.9. The summed E-state index contributed by atoms with van der Waals surface area (Å²) < 4.78 is 63.1. The van der Waals surface area contributed by atoms with Crippen molar-refractivity contribution in [2.45, 2.75) is 11.8 Å². The van der Waals surface area contributed by atoms with Gasteiger partial charge in [0.2, 0.25) is 5.91 Å². The van der Waals surface area contributed by atoms with Crippen molar-refractivity contribution in [1.82, 2.24) is 0 Å². The summed E-state index contributed by atoms with van der Waals surface area (Å²) in [5.41, 5.74) is 0.776. The third-order valence-corrected chi connectivity index (χ3v) is 6.76. The lowest BCUT2D eigenvalue weighted by atomic mass is 10.3. The van der Waals surface area contributed by atoms with E-state index in [-0.39, 0.29) is 22.2 Å². The average Bonchev–Trinajstić information content (AvgIpc) is 2.88. The van der Waals surface area contributed by atoms with Crippen LogP contribution in [0.3, 0.4) is 0 Å². The van der Waals surface area contributed by atoms with Gasteiger partial charge >= 0.3 is 5.97 Å². The minimum absolute atomic E-state index is 0.00437. The maximum Gasteiger partial charge on any atom is 0.344 e. The zero-order valence-electron chi connectivity index (χ0n) is 20.2. The molecule has 0 heterocycles. The Hall–Kier alpha value is -4.52. The molecule has 38 heavy (non-hydrogen) atoms. The number of ether oxygens (including phenoxy) is 2. The Labute approximate surface area is 217 Å². The van der Waals surface area contributed by atoms with Gasteiger partial charge in [-0.05, 0) is 60.7 Å². The van der Waals surface area contributed by atoms with Gasteiger partial charge in [-0.3, -0.25) is 13.9 Å². The van der Waals surface area contributed by atoms with Crippen LogP contribution in [0.1, 0.15) is 6.92 Å². The normalized spacial score (nSPS) is 10.8. The molecule has 0 aliphatic rings. The number of hydrogen-bond acceptors (Lipinski definition) is 7. The van der Waals surface area contributed by atoms with Gasteiger partial charge in [-0.2, -0.15) is 0 Å². The monoisotopic (exact) mass is 547 g/mol. The smallest absolute Gasteiger partial charge is 0.344 e. The molecule has 200 valence electrons. The minimum Gasteiger partial charge on any atom is -0.482 e. The number of carbonyl (C=O) groups excluding carboxylic acids is 3. The quantitative estimate of drug-likeness (QED) is 0.373. The summed E-state index contributed by atoms with van der Waals surface area (Å²) in [7, 11) is -2.52. The van der Waals surface area contributed by atoms with Gasteiger partial charge in [0.15, 0.2) is 24.8 Å². The second kappa shape index (κ2) is 12.1. The molecule has 0 atom stereocenters. The van der Waals surface area contributed by atoms with Gasteiger partial charge in [-0.15, -0.1) is 0 Å². The number of amides is 2. The second-order valence-electron chi connectivity index (χ2n) is 7.80. The van der Waals surface area contributed by atoms with Crippen molar-refractivity contribution in [3.05, 3.63) is 78.4 Å². The van der Waals surface area contributed by atoms with E-state index < -0.39 is 46.7 Å². The first kappa shape index (κ1) is 28.1. The Morgan fingerprint density at radius 2 is 1.47 bits per heavy atom. The maximum absolute atomic E-state index is 13.2. The summed E-state index contributed by atoms with van der Waals surface area (Å²) in [6, 6.07) is 14.3. The molecule has 3 rings (SSSR count). The van der Waals surface area contributed by atoms with Gasteiger partial charge in [0.05, 0.1) is 10.6 Å². The average molecular weight is 548 g/mol. The van der Waals surface area contributed by atoms with Crippen molar-refractivity contribution in [3.63, 3.8) is 0 Å². The number of nitrogens with zero attached hydrogens (tertiary/aromatic N) is 1. The second-order valence-corrected chi connectivity index (χ2v) is 9.77. The summed E-state index contributed by atoms with van der Waals surface area (Å²) in [6.45, 7) is 0.135. The third-order valence-electron chi connectivity index (χ3n) is 4.96. The van der Waals surface area contributed by atoms with Gasteiger partial charge in [0.25, 0.3) is 15.9 Å². The van der Waals surface area contributed by atoms with E-state index >= 15 is 0 Å². The van der Waals surface area contributed by atoms with Crippen LogP contribution in [0.2, 0.25) is 0 Å². The molecule has 0 aliphatic carbocycles. The number of anilines is 3. The van der Waals surface area contributed by atoms with Crippen molar-refractivity contribution in [2.24, 2.45) is 0 Å². The molecule has 3 aromatic rings. The largest absolute Gasteiger partial charge is 0.482 e. The van der Waals surface area contributed by atoms with Crippen LogP contribution in [0.4, 0.5) is 25.8 Å². The number of hydrogen-bond donors (Lipinski definition) is 2. The summed E-state index contributed by atoms with van der Waals surface area (Å²) >= 11 is 0. The maximum atomic E-state index is 13.2. The van der Waals surface area contributed by atoms with E-state index in [1.807, 2.05) is 0 Å². The highest BCUT2D eigenvalue weighted by Gasteiger charge is 2.21. The number of carbonyl (C=O) groups is 3. The zero-order valence-corrected chi connectivity index (χ0v) is 21.1. The molecule has 3 aromatic carbocycles. The molecule has 0 radical (unpaired) electrons. The Morgan fingerprint density at radius 1 is 0.842 bits per heavy atom. The fourth-order valence-electron chi connectivity index (χ4n) is 3.06. The first-order valence-corrected chi connectivity index (χ1v) is 12.4. The SMILES string of the molecule is CC(=O)Nc1ccc(S(=O)(=O)N(C)c2ccc(OCC(=O)OCC(=O)Nc3ccc(F)c(F)c3)cc2)cc1. The van der Waals surface area contributed by atoms with E-state index in [1.54, 1.807) is 0 Å². The molecule has 0 bridgehead atoms. The first-order chi connectivity index (χ1) is 18.0. The lowest BCUT2D eigenvalue weighted by molar-refractivity contribution is -0.149. The predicted octanol–water partition coefficient (Wildman–Crippen LogP) is 3.31. The molecule has 0 aromatic heterocycles. The highest BCUT2D eigenvalue weighted by Crippen LogP contribution is 2.25. The standard InChI is InChI=1S/C25H23F2N3O7S/c1-16(31)28-17-3-10-21(11-4-17)38(34,35)30(2)19-6-8-20(9-7-19)36-15-25(33)37-14-24(32)29-18-5-12-22(26)23(27)13-18/h3-13H,14-15H2,1-2H3,(H,28,31)(H,29,32). The van der Waals surface area contributed by atoms with Gasteiger partial charge in [0.1, 0.15) is 5.75 Å². The topological polar surface area (TPSA) is 131 Å². The summed E-state index contributed by atoms with van der Waals surface area (Å²) in [4.78, 5) is 34.8. The molecule has 10 nitrogen and oxygen atoms in total. The van der Waals surface area contributed by atoms with Crippen LogP contribution in [0.5, 0.6) is 5.75 Å². The summed E-state index contributed by atoms with van der Waals surface area (Å²) in [5.74, 6) is -3.87. The van der Waals surface area contributed by atoms with E-state index in [9.17, 15) is 31.6 Å². The molecule has 0 unspecified atom stereocenters. The molecular formula is C25H23F2N3O7S. The molecule has 2 amide bonds. The van der Waals surface area contributed by atoms with Crippen molar-refractivity contribution in [3.8, 4) is 5.75 Å². The molecule has 2 N–H and O–H groups in total. The van der Waals surface area contributed by atoms with Gasteiger partial charge < -0.3 is 20.1 Å². The molecule has 0 saturated carbocycles. The van der Waals surface area contributed by atoms with E-state index in [0.29, 0.717) is 11.4 Å². The highest BCUT2D eigenvalue weighted by molar-refractivity contribution is 7.92. The summed E-state index contributed by atoms with van der Waals surface area (Å²) in [6.07, 6.45) is 0. The minimum atomic E-state index is -3.89. The fourth-order valence-corrected chi connectivity index (χ4v) is 4.26. The van der Waals surface area contributed by atoms with Crippen LogP contribution in [-0.2, 0) is 29.1 Å². The Morgan fingerprint density at radius 3 is 2.08 bits per heavy atom. The van der Waals surface area contributed by atoms with Crippen molar-refractivity contribution < 1.29 is 41.1 Å². The molecular weight excluding hydrogens is 524 g/mol. The number of sulfonamides is 1. The fraction of sp³-hybridized carbons (Fsp3) is 0.160. The number of halogens is 2. The van der Waals surface area contributed by atoms with E-state index in [0.717, 1.165) is 22.5 Å². The third kappa shape index (κ3) is 7.49. The van der Waals surface area contributed by atoms with Gasteiger partial charge in [-0.25, -0.2) is 22.0 Å². The number of rotatable bonds is 10. The molecule has 0 saturated heterocycles. The van der Waals surface area contributed by atoms with Crippen molar-refractivity contribution in [1.29, 1.82) is 0 Å². The number of nitrogens with one attached hydrogen (secondary N) is 2. The van der Waals surface area contributed by atoms with Crippen molar-refractivity contribution >= 4 is 44.9 Å². The van der Waals surface area contributed by atoms with Crippen LogP contribution in [0.25, 0.3) is 0 Å². The number of benzene rings is 3. The Bertz CT molecular complexity index is 1430. The molecule has 0 aliphatic heterocycles. The number of esters is 1. The van der Waals surface area contributed by atoms with Gasteiger partial charge in [0, 0.05) is 31.4 Å². The van der Waals surface area contributed by atoms with E-state index in [1.165, 1.54) is 62.5 Å². The Balaban J connectivity index is 1.50. The van der Waals surface area contributed by atoms with Crippen LogP contribution in [0, 0.1) is 11.6 Å². The van der Waals surface area contributed by atoms with Crippen molar-refractivity contribution in [2.75, 3.05) is 35.2 Å². The molecule has 13 heteroatoms. The first-order valence-electron chi connectivity index (χ1n) is 11.0. The molecule has 0 spiro atoms. The lowest BCUT2D eigenvalue weighted by Gasteiger charge is -2.20. The lowest BCUT2D eigenvalue weighted by Crippen LogP contribution is -2.26.